The number of benzene rings is 3. The molecule has 2 aliphatic heterocycles. The lowest BCUT2D eigenvalue weighted by atomic mass is 9.82. The van der Waals surface area contributed by atoms with E-state index < -0.39 is 44.6 Å². The Morgan fingerprint density at radius 2 is 1.69 bits per heavy atom. The molecule has 11 nitrogen and oxygen atoms in total. The van der Waals surface area contributed by atoms with Gasteiger partial charge >= 0.3 is 4.87 Å². The summed E-state index contributed by atoms with van der Waals surface area (Å²) in [6, 6.07) is 17.9. The van der Waals surface area contributed by atoms with Gasteiger partial charge in [0.1, 0.15) is 17.5 Å². The normalized spacial score (nSPS) is 19.4. The molecule has 0 aliphatic carbocycles. The third kappa shape index (κ3) is 4.74. The van der Waals surface area contributed by atoms with Gasteiger partial charge in [0.25, 0.3) is 5.69 Å². The van der Waals surface area contributed by atoms with Gasteiger partial charge in [-0.2, -0.15) is 0 Å². The number of amides is 3. The highest BCUT2D eigenvalue weighted by molar-refractivity contribution is 8.00. The summed E-state index contributed by atoms with van der Waals surface area (Å²) in [5.74, 6) is -3.55. The Kier molecular flexibility index (Phi) is 7.09. The lowest BCUT2D eigenvalue weighted by Gasteiger charge is -2.31. The number of halogens is 1. The number of hydrogen-bond acceptors (Lipinski definition) is 9. The lowest BCUT2D eigenvalue weighted by Crippen LogP contribution is -2.33. The van der Waals surface area contributed by atoms with Crippen LogP contribution < -0.4 is 15.1 Å². The number of fused-ring (bicyclic) bond motifs is 2. The van der Waals surface area contributed by atoms with Gasteiger partial charge in [-0.1, -0.05) is 52.9 Å². The standard InChI is InChI=1S/C28H19ClN4O7S2/c29-14-5-7-15(8-6-14)30-20(35)13-31-27-24(42-28(31)38)21(18-3-1-2-4-19(18)34)22-23(41-27)26(37)32(25(22)36)16-9-11-17(12-10-16)33(39)40/h1-12,21-23,34H,13H2,(H,30,35)/t21-,22?,23?/m0/s1. The molecular weight excluding hydrogens is 604 g/mol. The third-order valence-corrected chi connectivity index (χ3v) is 9.93. The number of rotatable bonds is 6. The van der Waals surface area contributed by atoms with Crippen molar-refractivity contribution in [3.05, 3.63) is 108 Å². The van der Waals surface area contributed by atoms with Crippen molar-refractivity contribution < 1.29 is 24.4 Å². The molecule has 42 heavy (non-hydrogen) atoms. The summed E-state index contributed by atoms with van der Waals surface area (Å²) < 4.78 is 1.27. The number of hydrogen-bond donors (Lipinski definition) is 2. The Hall–Kier alpha value is -4.46. The third-order valence-electron chi connectivity index (χ3n) is 7.07. The van der Waals surface area contributed by atoms with Crippen LogP contribution in [0.25, 0.3) is 0 Å². The number of anilines is 2. The van der Waals surface area contributed by atoms with E-state index in [1.165, 1.54) is 34.9 Å². The van der Waals surface area contributed by atoms with E-state index in [1.807, 2.05) is 0 Å². The number of non-ortho nitro benzene ring substituents is 1. The second kappa shape index (κ2) is 10.7. The number of aromatic hydroxyl groups is 1. The van der Waals surface area contributed by atoms with Crippen molar-refractivity contribution in [2.45, 2.75) is 22.7 Å². The van der Waals surface area contributed by atoms with Crippen LogP contribution >= 0.6 is 34.7 Å². The summed E-state index contributed by atoms with van der Waals surface area (Å²) in [4.78, 5) is 65.4. The molecule has 212 valence electrons. The van der Waals surface area contributed by atoms with Gasteiger partial charge in [-0.3, -0.25) is 33.9 Å². The van der Waals surface area contributed by atoms with Crippen LogP contribution in [-0.2, 0) is 20.9 Å². The first-order chi connectivity index (χ1) is 20.1. The van der Waals surface area contributed by atoms with Crippen molar-refractivity contribution in [3.8, 4) is 5.75 Å². The average Bonchev–Trinajstić information content (AvgIpc) is 3.41. The number of thioether (sulfide) groups is 1. The number of nitro benzene ring substituents is 1. The Bertz CT molecular complexity index is 1820. The average molecular weight is 623 g/mol. The van der Waals surface area contributed by atoms with Crippen molar-refractivity contribution >= 4 is 69.5 Å². The fourth-order valence-electron chi connectivity index (χ4n) is 5.20. The molecule has 2 N–H and O–H groups in total. The lowest BCUT2D eigenvalue weighted by molar-refractivity contribution is -0.384. The maximum absolute atomic E-state index is 13.9. The highest BCUT2D eigenvalue weighted by Crippen LogP contribution is 2.55. The maximum Gasteiger partial charge on any atom is 0.308 e. The molecular formula is C28H19ClN4O7S2. The predicted molar refractivity (Wildman–Crippen MR) is 157 cm³/mol. The van der Waals surface area contributed by atoms with E-state index in [1.54, 1.807) is 42.5 Å². The number of carbonyl (C=O) groups excluding carboxylic acids is 3. The van der Waals surface area contributed by atoms with Crippen LogP contribution in [0.1, 0.15) is 16.4 Å². The van der Waals surface area contributed by atoms with Crippen LogP contribution in [0.5, 0.6) is 5.75 Å². The van der Waals surface area contributed by atoms with E-state index in [-0.39, 0.29) is 23.7 Å². The highest BCUT2D eigenvalue weighted by Gasteiger charge is 2.57. The minimum atomic E-state index is -0.982. The zero-order valence-corrected chi connectivity index (χ0v) is 23.7. The van der Waals surface area contributed by atoms with Crippen LogP contribution in [-0.4, -0.2) is 37.6 Å². The van der Waals surface area contributed by atoms with E-state index >= 15 is 0 Å². The fraction of sp³-hybridized carbons (Fsp3) is 0.143. The van der Waals surface area contributed by atoms with E-state index in [9.17, 15) is 34.4 Å². The van der Waals surface area contributed by atoms with E-state index in [0.29, 0.717) is 26.2 Å². The van der Waals surface area contributed by atoms with Crippen LogP contribution in [0.3, 0.4) is 0 Å². The minimum absolute atomic E-state index is 0.110. The molecule has 4 aromatic rings. The van der Waals surface area contributed by atoms with Gasteiger partial charge < -0.3 is 10.4 Å². The summed E-state index contributed by atoms with van der Waals surface area (Å²) in [6.45, 7) is -0.348. The second-order valence-corrected chi connectivity index (χ2v) is 12.1. The molecule has 2 aliphatic rings. The van der Waals surface area contributed by atoms with Gasteiger partial charge in [0.15, 0.2) is 0 Å². The molecule has 6 rings (SSSR count). The Labute approximate surface area is 250 Å². The summed E-state index contributed by atoms with van der Waals surface area (Å²) in [5.41, 5.74) is 0.820. The smallest absolute Gasteiger partial charge is 0.308 e. The molecule has 0 bridgehead atoms. The molecule has 2 unspecified atom stereocenters. The molecule has 1 saturated heterocycles. The molecule has 3 heterocycles. The molecule has 3 atom stereocenters. The largest absolute Gasteiger partial charge is 0.508 e. The molecule has 0 radical (unpaired) electrons. The summed E-state index contributed by atoms with van der Waals surface area (Å²) in [6.07, 6.45) is 0. The number of imide groups is 1. The predicted octanol–water partition coefficient (Wildman–Crippen LogP) is 4.61. The Balaban J connectivity index is 1.40. The van der Waals surface area contributed by atoms with E-state index in [0.717, 1.165) is 28.0 Å². The van der Waals surface area contributed by atoms with Crippen LogP contribution in [0, 0.1) is 16.0 Å². The molecule has 1 aromatic heterocycles. The van der Waals surface area contributed by atoms with Crippen molar-refractivity contribution in [1.82, 2.24) is 4.57 Å². The monoisotopic (exact) mass is 622 g/mol. The van der Waals surface area contributed by atoms with E-state index in [4.69, 9.17) is 11.6 Å². The zero-order valence-electron chi connectivity index (χ0n) is 21.3. The van der Waals surface area contributed by atoms with Gasteiger partial charge in [-0.05, 0) is 42.5 Å². The highest BCUT2D eigenvalue weighted by atomic mass is 35.5. The summed E-state index contributed by atoms with van der Waals surface area (Å²) in [7, 11) is 0. The number of thiazole rings is 1. The van der Waals surface area contributed by atoms with Crippen molar-refractivity contribution in [2.75, 3.05) is 10.2 Å². The first kappa shape index (κ1) is 27.7. The summed E-state index contributed by atoms with van der Waals surface area (Å²) in [5, 5.41) is 24.5. The van der Waals surface area contributed by atoms with Crippen molar-refractivity contribution in [2.24, 2.45) is 5.92 Å². The molecule has 1 fully saturated rings. The second-order valence-electron chi connectivity index (χ2n) is 9.56. The summed E-state index contributed by atoms with van der Waals surface area (Å²) >= 11 is 7.79. The first-order valence-corrected chi connectivity index (χ1v) is 14.6. The maximum atomic E-state index is 13.9. The van der Waals surface area contributed by atoms with Gasteiger partial charge in [0, 0.05) is 39.2 Å². The quantitative estimate of drug-likeness (QED) is 0.180. The zero-order chi connectivity index (χ0) is 29.7. The van der Waals surface area contributed by atoms with Crippen LogP contribution in [0.2, 0.25) is 5.02 Å². The number of nitro groups is 1. The molecule has 0 spiro atoms. The first-order valence-electron chi connectivity index (χ1n) is 12.5. The number of carbonyl (C=O) groups is 3. The van der Waals surface area contributed by atoms with Gasteiger partial charge in [-0.25, -0.2) is 4.90 Å². The molecule has 14 heteroatoms. The number of para-hydroxylation sites is 1. The molecule has 3 amide bonds. The SMILES string of the molecule is O=C(Cn1c2c(sc1=O)[C@@H](c1ccccc1O)C1C(=O)N(c3ccc([N+](=O)[O-])cc3)C(=O)C1S2)Nc1ccc(Cl)cc1. The van der Waals surface area contributed by atoms with Crippen LogP contribution in [0.4, 0.5) is 17.1 Å². The number of aromatic nitrogens is 1. The van der Waals surface area contributed by atoms with Crippen molar-refractivity contribution in [3.63, 3.8) is 0 Å². The topological polar surface area (TPSA) is 152 Å². The molecule has 0 saturated carbocycles. The van der Waals surface area contributed by atoms with Gasteiger partial charge in [-0.15, -0.1) is 0 Å². The Morgan fingerprint density at radius 1 is 1.00 bits per heavy atom. The number of nitrogens with one attached hydrogen (secondary N) is 1. The number of nitrogens with zero attached hydrogens (tertiary/aromatic N) is 3. The number of phenolic OH excluding ortho intramolecular Hbond substituents is 1. The molecule has 3 aromatic carbocycles. The van der Waals surface area contributed by atoms with Gasteiger partial charge in [0.2, 0.25) is 17.7 Å². The Morgan fingerprint density at radius 3 is 2.36 bits per heavy atom. The minimum Gasteiger partial charge on any atom is -0.508 e. The van der Waals surface area contributed by atoms with Gasteiger partial charge in [0.05, 0.1) is 21.6 Å². The van der Waals surface area contributed by atoms with E-state index in [2.05, 4.69) is 5.32 Å². The van der Waals surface area contributed by atoms with Crippen molar-refractivity contribution in [1.29, 1.82) is 0 Å². The number of phenols is 1. The fourth-order valence-corrected chi connectivity index (χ4v) is 8.09. The van der Waals surface area contributed by atoms with Crippen LogP contribution in [0.15, 0.2) is 82.6 Å².